The molecule has 0 aliphatic rings. The zero-order chi connectivity index (χ0) is 12.3. The van der Waals surface area contributed by atoms with Gasteiger partial charge in [0.15, 0.2) is 0 Å². The maximum atomic E-state index is 11.2. The maximum absolute atomic E-state index is 11.2. The highest BCUT2D eigenvalue weighted by atomic mass is 35.5. The molecule has 0 aliphatic heterocycles. The zero-order valence-electron chi connectivity index (χ0n) is 9.40. The minimum absolute atomic E-state index is 0.291. The zero-order valence-corrected chi connectivity index (χ0v) is 10.2. The molecule has 0 heterocycles. The second-order valence-corrected chi connectivity index (χ2v) is 4.73. The summed E-state index contributed by atoms with van der Waals surface area (Å²) in [6, 6.07) is 4.95. The van der Waals surface area contributed by atoms with Crippen molar-refractivity contribution in [2.45, 2.75) is 26.2 Å². The number of aliphatic carboxylic acids is 1. The third kappa shape index (κ3) is 3.14. The molecule has 0 spiro atoms. The van der Waals surface area contributed by atoms with Crippen molar-refractivity contribution in [3.63, 3.8) is 0 Å². The number of hydrogen-bond acceptors (Lipinski definition) is 2. The molecule has 16 heavy (non-hydrogen) atoms. The number of halogens is 1. The van der Waals surface area contributed by atoms with E-state index in [1.165, 1.54) is 0 Å². The third-order valence-corrected chi connectivity index (χ3v) is 2.66. The monoisotopic (exact) mass is 241 g/mol. The van der Waals surface area contributed by atoms with Gasteiger partial charge in [0, 0.05) is 10.7 Å². The van der Waals surface area contributed by atoms with E-state index in [0.29, 0.717) is 28.6 Å². The van der Waals surface area contributed by atoms with Crippen LogP contribution in [-0.2, 0) is 4.79 Å². The predicted octanol–water partition coefficient (Wildman–Crippen LogP) is 3.14. The molecule has 1 aromatic rings. The normalized spacial score (nSPS) is 12.8. The van der Waals surface area contributed by atoms with E-state index in [4.69, 9.17) is 17.3 Å². The largest absolute Gasteiger partial charge is 0.481 e. The molecule has 1 aromatic carbocycles. The minimum atomic E-state index is -0.859. The molecule has 0 radical (unpaired) electrons. The van der Waals surface area contributed by atoms with Crippen LogP contribution in [0.4, 0.5) is 5.69 Å². The summed E-state index contributed by atoms with van der Waals surface area (Å²) in [6.45, 7) is 3.97. The number of carbonyl (C=O) groups is 1. The van der Waals surface area contributed by atoms with Gasteiger partial charge in [-0.1, -0.05) is 25.4 Å². The second kappa shape index (κ2) is 5.21. The molecule has 1 unspecified atom stereocenters. The molecule has 3 N–H and O–H groups in total. The number of benzene rings is 1. The number of nitrogens with two attached hydrogens (primary N) is 1. The van der Waals surface area contributed by atoms with Gasteiger partial charge in [-0.05, 0) is 36.1 Å². The van der Waals surface area contributed by atoms with Crippen LogP contribution in [0.15, 0.2) is 18.2 Å². The van der Waals surface area contributed by atoms with E-state index in [1.54, 1.807) is 18.2 Å². The van der Waals surface area contributed by atoms with E-state index in [2.05, 4.69) is 0 Å². The average molecular weight is 242 g/mol. The van der Waals surface area contributed by atoms with Crippen molar-refractivity contribution in [1.29, 1.82) is 0 Å². The van der Waals surface area contributed by atoms with Gasteiger partial charge < -0.3 is 10.8 Å². The molecule has 0 aliphatic carbocycles. The summed E-state index contributed by atoms with van der Waals surface area (Å²) < 4.78 is 0. The maximum Gasteiger partial charge on any atom is 0.311 e. The molecule has 3 nitrogen and oxygen atoms in total. The summed E-state index contributed by atoms with van der Waals surface area (Å²) in [6.07, 6.45) is 0.555. The number of hydrogen-bond donors (Lipinski definition) is 2. The molecule has 0 fully saturated rings. The number of anilines is 1. The molecule has 1 rings (SSSR count). The van der Waals surface area contributed by atoms with Crippen LogP contribution in [0.3, 0.4) is 0 Å². The highest BCUT2D eigenvalue weighted by Gasteiger charge is 2.23. The van der Waals surface area contributed by atoms with Gasteiger partial charge in [-0.3, -0.25) is 4.79 Å². The Kier molecular flexibility index (Phi) is 4.19. The summed E-state index contributed by atoms with van der Waals surface area (Å²) in [5.41, 5.74) is 6.87. The van der Waals surface area contributed by atoms with Gasteiger partial charge in [0.25, 0.3) is 0 Å². The molecule has 88 valence electrons. The van der Waals surface area contributed by atoms with Crippen molar-refractivity contribution in [3.05, 3.63) is 28.8 Å². The van der Waals surface area contributed by atoms with E-state index in [9.17, 15) is 9.90 Å². The van der Waals surface area contributed by atoms with E-state index >= 15 is 0 Å². The quantitative estimate of drug-likeness (QED) is 0.796. The fourth-order valence-electron chi connectivity index (χ4n) is 1.68. The van der Waals surface area contributed by atoms with E-state index in [1.807, 2.05) is 13.8 Å². The highest BCUT2D eigenvalue weighted by molar-refractivity contribution is 6.30. The Morgan fingerprint density at radius 3 is 2.62 bits per heavy atom. The number of carboxylic acid groups (broad SMARTS) is 1. The second-order valence-electron chi connectivity index (χ2n) is 4.29. The van der Waals surface area contributed by atoms with Crippen LogP contribution in [0.1, 0.15) is 31.7 Å². The Balaban J connectivity index is 3.10. The van der Waals surface area contributed by atoms with Crippen molar-refractivity contribution >= 4 is 23.3 Å². The molecule has 1 atom stereocenters. The summed E-state index contributed by atoms with van der Waals surface area (Å²) >= 11 is 5.85. The Morgan fingerprint density at radius 2 is 2.12 bits per heavy atom. The molecular formula is C12H16ClNO2. The van der Waals surface area contributed by atoms with Crippen LogP contribution >= 0.6 is 11.6 Å². The number of nitrogen functional groups attached to an aromatic ring is 1. The lowest BCUT2D eigenvalue weighted by atomic mass is 9.89. The van der Waals surface area contributed by atoms with Crippen molar-refractivity contribution < 1.29 is 9.90 Å². The van der Waals surface area contributed by atoms with Crippen LogP contribution in [0.2, 0.25) is 5.02 Å². The number of carboxylic acids is 1. The molecule has 0 amide bonds. The summed E-state index contributed by atoms with van der Waals surface area (Å²) in [7, 11) is 0. The van der Waals surface area contributed by atoms with Gasteiger partial charge >= 0.3 is 5.97 Å². The first-order chi connectivity index (χ1) is 7.41. The molecule has 0 saturated carbocycles. The van der Waals surface area contributed by atoms with Gasteiger partial charge in [-0.15, -0.1) is 0 Å². The van der Waals surface area contributed by atoms with Gasteiger partial charge in [0.2, 0.25) is 0 Å². The topological polar surface area (TPSA) is 63.3 Å². The van der Waals surface area contributed by atoms with E-state index in [0.717, 1.165) is 0 Å². The summed E-state index contributed by atoms with van der Waals surface area (Å²) in [5.74, 6) is -1.15. The van der Waals surface area contributed by atoms with Gasteiger partial charge in [0.1, 0.15) is 0 Å². The Bertz CT molecular complexity index is 391. The first-order valence-corrected chi connectivity index (χ1v) is 5.57. The summed E-state index contributed by atoms with van der Waals surface area (Å²) in [4.78, 5) is 11.2. The highest BCUT2D eigenvalue weighted by Crippen LogP contribution is 2.30. The molecular weight excluding hydrogens is 226 g/mol. The fourth-order valence-corrected chi connectivity index (χ4v) is 1.86. The molecule has 0 aromatic heterocycles. The third-order valence-electron chi connectivity index (χ3n) is 2.43. The van der Waals surface area contributed by atoms with Crippen LogP contribution < -0.4 is 5.73 Å². The van der Waals surface area contributed by atoms with Crippen molar-refractivity contribution in [2.75, 3.05) is 5.73 Å². The lowest BCUT2D eigenvalue weighted by molar-refractivity contribution is -0.139. The van der Waals surface area contributed by atoms with Crippen molar-refractivity contribution in [3.8, 4) is 0 Å². The fraction of sp³-hybridized carbons (Fsp3) is 0.417. The molecule has 0 bridgehead atoms. The van der Waals surface area contributed by atoms with Crippen LogP contribution in [0.5, 0.6) is 0 Å². The minimum Gasteiger partial charge on any atom is -0.481 e. The van der Waals surface area contributed by atoms with Gasteiger partial charge in [0.05, 0.1) is 5.92 Å². The average Bonchev–Trinajstić information content (AvgIpc) is 2.18. The van der Waals surface area contributed by atoms with E-state index in [-0.39, 0.29) is 0 Å². The van der Waals surface area contributed by atoms with Gasteiger partial charge in [-0.2, -0.15) is 0 Å². The van der Waals surface area contributed by atoms with Crippen molar-refractivity contribution in [2.24, 2.45) is 5.92 Å². The van der Waals surface area contributed by atoms with Gasteiger partial charge in [-0.25, -0.2) is 0 Å². The SMILES string of the molecule is CC(C)CC(C(=O)O)c1cc(Cl)ccc1N. The number of rotatable bonds is 4. The Labute approximate surface area is 100 Å². The first kappa shape index (κ1) is 12.8. The van der Waals surface area contributed by atoms with Crippen LogP contribution in [0, 0.1) is 5.92 Å². The Hall–Kier alpha value is -1.22. The lowest BCUT2D eigenvalue weighted by Gasteiger charge is -2.17. The van der Waals surface area contributed by atoms with Crippen molar-refractivity contribution in [1.82, 2.24) is 0 Å². The molecule has 4 heteroatoms. The smallest absolute Gasteiger partial charge is 0.311 e. The predicted molar refractivity (Wildman–Crippen MR) is 65.7 cm³/mol. The van der Waals surface area contributed by atoms with Crippen LogP contribution in [0.25, 0.3) is 0 Å². The lowest BCUT2D eigenvalue weighted by Crippen LogP contribution is -2.15. The van der Waals surface area contributed by atoms with E-state index < -0.39 is 11.9 Å². The molecule has 0 saturated heterocycles. The van der Waals surface area contributed by atoms with Crippen LogP contribution in [-0.4, -0.2) is 11.1 Å². The summed E-state index contributed by atoms with van der Waals surface area (Å²) in [5, 5.41) is 9.71. The standard InChI is InChI=1S/C12H16ClNO2/c1-7(2)5-10(12(15)16)9-6-8(13)3-4-11(9)14/h3-4,6-7,10H,5,14H2,1-2H3,(H,15,16). The Morgan fingerprint density at radius 1 is 1.50 bits per heavy atom. The first-order valence-electron chi connectivity index (χ1n) is 5.19.